The third kappa shape index (κ3) is 4.76. The molecule has 2 rings (SSSR count). The van der Waals surface area contributed by atoms with E-state index >= 15 is 0 Å². The third-order valence-electron chi connectivity index (χ3n) is 3.67. The van der Waals surface area contributed by atoms with Gasteiger partial charge in [0.25, 0.3) is 0 Å². The summed E-state index contributed by atoms with van der Waals surface area (Å²) in [5.74, 6) is -2.89. The van der Waals surface area contributed by atoms with Gasteiger partial charge in [0, 0.05) is 11.8 Å². The first-order valence-corrected chi connectivity index (χ1v) is 9.22. The van der Waals surface area contributed by atoms with Crippen molar-refractivity contribution in [3.63, 3.8) is 0 Å². The van der Waals surface area contributed by atoms with E-state index in [9.17, 15) is 22.0 Å². The Balaban J connectivity index is 2.23. The fourth-order valence-electron chi connectivity index (χ4n) is 2.19. The van der Waals surface area contributed by atoms with Gasteiger partial charge in [-0.15, -0.1) is 0 Å². The summed E-state index contributed by atoms with van der Waals surface area (Å²) < 4.78 is 51.1. The SMILES string of the molecule is Cc1ccc(NC(=O)CN(c2ccc(F)c(F)c2)S(C)(=O)=O)cc1C. The van der Waals surface area contributed by atoms with Crippen molar-refractivity contribution < 1.29 is 22.0 Å². The summed E-state index contributed by atoms with van der Waals surface area (Å²) in [5.41, 5.74) is 2.42. The van der Waals surface area contributed by atoms with E-state index in [0.717, 1.165) is 35.6 Å². The second-order valence-electron chi connectivity index (χ2n) is 5.72. The van der Waals surface area contributed by atoms with Crippen molar-refractivity contribution in [2.45, 2.75) is 13.8 Å². The summed E-state index contributed by atoms with van der Waals surface area (Å²) in [6.07, 6.45) is 0.886. The topological polar surface area (TPSA) is 66.5 Å². The van der Waals surface area contributed by atoms with Crippen LogP contribution in [0.1, 0.15) is 11.1 Å². The number of aryl methyl sites for hydroxylation is 2. The van der Waals surface area contributed by atoms with Crippen LogP contribution in [-0.4, -0.2) is 27.1 Å². The molecule has 0 heterocycles. The lowest BCUT2D eigenvalue weighted by atomic mass is 10.1. The van der Waals surface area contributed by atoms with Gasteiger partial charge in [0.2, 0.25) is 15.9 Å². The van der Waals surface area contributed by atoms with Crippen LogP contribution in [0.3, 0.4) is 0 Å². The minimum Gasteiger partial charge on any atom is -0.325 e. The van der Waals surface area contributed by atoms with Gasteiger partial charge in [-0.05, 0) is 49.2 Å². The van der Waals surface area contributed by atoms with Crippen LogP contribution in [0.5, 0.6) is 0 Å². The normalized spacial score (nSPS) is 11.2. The van der Waals surface area contributed by atoms with Gasteiger partial charge in [-0.25, -0.2) is 17.2 Å². The molecule has 2 aromatic rings. The first-order valence-electron chi connectivity index (χ1n) is 7.38. The molecule has 0 spiro atoms. The number of carbonyl (C=O) groups is 1. The quantitative estimate of drug-likeness (QED) is 0.882. The van der Waals surface area contributed by atoms with Crippen LogP contribution in [0.4, 0.5) is 20.2 Å². The van der Waals surface area contributed by atoms with Crippen LogP contribution in [0.15, 0.2) is 36.4 Å². The molecule has 0 saturated heterocycles. The highest BCUT2D eigenvalue weighted by molar-refractivity contribution is 7.92. The summed E-state index contributed by atoms with van der Waals surface area (Å²) in [4.78, 5) is 12.2. The lowest BCUT2D eigenvalue weighted by molar-refractivity contribution is -0.114. The predicted octanol–water partition coefficient (Wildman–Crippen LogP) is 2.99. The fraction of sp³-hybridized carbons (Fsp3) is 0.235. The zero-order chi connectivity index (χ0) is 18.8. The van der Waals surface area contributed by atoms with Crippen molar-refractivity contribution in [3.05, 3.63) is 59.2 Å². The van der Waals surface area contributed by atoms with E-state index in [2.05, 4.69) is 5.32 Å². The Bertz CT molecular complexity index is 914. The van der Waals surface area contributed by atoms with Crippen LogP contribution < -0.4 is 9.62 Å². The highest BCUT2D eigenvalue weighted by Crippen LogP contribution is 2.21. The van der Waals surface area contributed by atoms with E-state index in [0.29, 0.717) is 9.99 Å². The van der Waals surface area contributed by atoms with Crippen molar-refractivity contribution >= 4 is 27.3 Å². The Labute approximate surface area is 145 Å². The molecule has 1 amide bonds. The smallest absolute Gasteiger partial charge is 0.245 e. The fourth-order valence-corrected chi connectivity index (χ4v) is 3.04. The molecule has 0 aliphatic carbocycles. The summed E-state index contributed by atoms with van der Waals surface area (Å²) in [5, 5.41) is 2.60. The predicted molar refractivity (Wildman–Crippen MR) is 93.1 cm³/mol. The zero-order valence-corrected chi connectivity index (χ0v) is 14.8. The molecule has 2 aromatic carbocycles. The minimum atomic E-state index is -3.87. The van der Waals surface area contributed by atoms with Gasteiger partial charge in [-0.2, -0.15) is 0 Å². The first-order chi connectivity index (χ1) is 11.6. The Morgan fingerprint density at radius 3 is 2.28 bits per heavy atom. The minimum absolute atomic E-state index is 0.128. The maximum atomic E-state index is 13.4. The van der Waals surface area contributed by atoms with Crippen LogP contribution in [0, 0.1) is 25.5 Å². The number of anilines is 2. The second-order valence-corrected chi connectivity index (χ2v) is 7.62. The Morgan fingerprint density at radius 2 is 1.72 bits per heavy atom. The van der Waals surface area contributed by atoms with Crippen molar-refractivity contribution in [2.24, 2.45) is 0 Å². The number of amides is 1. The Morgan fingerprint density at radius 1 is 1.04 bits per heavy atom. The molecule has 0 aliphatic rings. The van der Waals surface area contributed by atoms with Gasteiger partial charge in [-0.1, -0.05) is 6.07 Å². The number of nitrogens with one attached hydrogen (secondary N) is 1. The summed E-state index contributed by atoms with van der Waals surface area (Å²) in [6, 6.07) is 7.93. The highest BCUT2D eigenvalue weighted by atomic mass is 32.2. The monoisotopic (exact) mass is 368 g/mol. The zero-order valence-electron chi connectivity index (χ0n) is 14.0. The molecule has 0 unspecified atom stereocenters. The number of hydrogen-bond donors (Lipinski definition) is 1. The number of benzene rings is 2. The second kappa shape index (κ2) is 7.18. The lowest BCUT2D eigenvalue weighted by Crippen LogP contribution is -2.37. The molecule has 0 fully saturated rings. The Kier molecular flexibility index (Phi) is 5.42. The van der Waals surface area contributed by atoms with E-state index in [-0.39, 0.29) is 5.69 Å². The van der Waals surface area contributed by atoms with E-state index in [4.69, 9.17) is 0 Å². The van der Waals surface area contributed by atoms with Gasteiger partial charge in [0.15, 0.2) is 11.6 Å². The summed E-state index contributed by atoms with van der Waals surface area (Å²) in [7, 11) is -3.87. The molecule has 5 nitrogen and oxygen atoms in total. The number of halogens is 2. The standard InChI is InChI=1S/C17H18F2N2O3S/c1-11-4-5-13(8-12(11)2)20-17(22)10-21(25(3,23)24)14-6-7-15(18)16(19)9-14/h4-9H,10H2,1-3H3,(H,20,22). The van der Waals surface area contributed by atoms with Gasteiger partial charge < -0.3 is 5.32 Å². The summed E-state index contributed by atoms with van der Waals surface area (Å²) >= 11 is 0. The maximum absolute atomic E-state index is 13.4. The maximum Gasteiger partial charge on any atom is 0.245 e. The molecule has 0 atom stereocenters. The van der Waals surface area contributed by atoms with Gasteiger partial charge in [0.1, 0.15) is 6.54 Å². The molecular weight excluding hydrogens is 350 g/mol. The molecule has 0 bridgehead atoms. The molecule has 1 N–H and O–H groups in total. The van der Waals surface area contributed by atoms with Gasteiger partial charge >= 0.3 is 0 Å². The number of nitrogens with zero attached hydrogens (tertiary/aromatic N) is 1. The largest absolute Gasteiger partial charge is 0.325 e. The molecule has 25 heavy (non-hydrogen) atoms. The number of carbonyl (C=O) groups excluding carboxylic acids is 1. The number of rotatable bonds is 5. The molecular formula is C17H18F2N2O3S. The molecule has 0 radical (unpaired) electrons. The van der Waals surface area contributed by atoms with Crippen LogP contribution in [-0.2, 0) is 14.8 Å². The molecule has 0 aliphatic heterocycles. The van der Waals surface area contributed by atoms with Crippen molar-refractivity contribution in [1.29, 1.82) is 0 Å². The van der Waals surface area contributed by atoms with Crippen LogP contribution in [0.2, 0.25) is 0 Å². The van der Waals surface area contributed by atoms with Gasteiger partial charge in [-0.3, -0.25) is 9.10 Å². The Hall–Kier alpha value is -2.48. The van der Waals surface area contributed by atoms with Crippen molar-refractivity contribution in [1.82, 2.24) is 0 Å². The van der Waals surface area contributed by atoms with Crippen molar-refractivity contribution in [2.75, 3.05) is 22.4 Å². The lowest BCUT2D eigenvalue weighted by Gasteiger charge is -2.22. The average molecular weight is 368 g/mol. The molecule has 8 heteroatoms. The van der Waals surface area contributed by atoms with E-state index in [1.165, 1.54) is 0 Å². The molecule has 134 valence electrons. The van der Waals surface area contributed by atoms with E-state index in [1.54, 1.807) is 12.1 Å². The molecule has 0 saturated carbocycles. The number of sulfonamides is 1. The van der Waals surface area contributed by atoms with Crippen molar-refractivity contribution in [3.8, 4) is 0 Å². The van der Waals surface area contributed by atoms with E-state index < -0.39 is 34.1 Å². The first kappa shape index (κ1) is 18.9. The third-order valence-corrected chi connectivity index (χ3v) is 4.81. The van der Waals surface area contributed by atoms with Crippen LogP contribution in [0.25, 0.3) is 0 Å². The highest BCUT2D eigenvalue weighted by Gasteiger charge is 2.22. The van der Waals surface area contributed by atoms with Crippen LogP contribution >= 0.6 is 0 Å². The van der Waals surface area contributed by atoms with E-state index in [1.807, 2.05) is 19.9 Å². The number of hydrogen-bond acceptors (Lipinski definition) is 3. The average Bonchev–Trinajstić information content (AvgIpc) is 2.50. The molecule has 0 aromatic heterocycles. The summed E-state index contributed by atoms with van der Waals surface area (Å²) in [6.45, 7) is 3.25. The van der Waals surface area contributed by atoms with Gasteiger partial charge in [0.05, 0.1) is 11.9 Å².